The van der Waals surface area contributed by atoms with E-state index in [0.29, 0.717) is 29.8 Å². The van der Waals surface area contributed by atoms with Crippen LogP contribution in [0.2, 0.25) is 0 Å². The van der Waals surface area contributed by atoms with E-state index in [1.165, 1.54) is 4.90 Å². The zero-order valence-electron chi connectivity index (χ0n) is 21.6. The molecule has 0 fully saturated rings. The Bertz CT molecular complexity index is 1230. The first kappa shape index (κ1) is 28.6. The summed E-state index contributed by atoms with van der Waals surface area (Å²) in [4.78, 5) is 28.6. The minimum Gasteiger partial charge on any atom is -0.453 e. The van der Waals surface area contributed by atoms with Gasteiger partial charge >= 0.3 is 24.5 Å². The number of rotatable bonds is 4. The lowest BCUT2D eigenvalue weighted by Crippen LogP contribution is -2.48. The summed E-state index contributed by atoms with van der Waals surface area (Å²) in [5.74, 6) is 0. The van der Waals surface area contributed by atoms with E-state index in [9.17, 15) is 35.9 Å². The van der Waals surface area contributed by atoms with Gasteiger partial charge in [0.25, 0.3) is 0 Å². The SMILES string of the molecule is CCOC(=O)N1c2c(ccc3c2CCC3)[C@H](N(Cc2cc(C(F)(F)F)cc(C(F)(F)F)c2)C(=O)OC)C[C@@H]1C. The Balaban J connectivity index is 1.83. The summed E-state index contributed by atoms with van der Waals surface area (Å²) in [6.45, 7) is 2.99. The summed E-state index contributed by atoms with van der Waals surface area (Å²) >= 11 is 0. The molecule has 1 aliphatic carbocycles. The van der Waals surface area contributed by atoms with E-state index in [0.717, 1.165) is 36.0 Å². The second-order valence-corrected chi connectivity index (χ2v) is 9.68. The van der Waals surface area contributed by atoms with E-state index in [-0.39, 0.29) is 24.7 Å². The van der Waals surface area contributed by atoms with E-state index in [1.54, 1.807) is 19.9 Å². The molecule has 2 aromatic carbocycles. The fourth-order valence-electron chi connectivity index (χ4n) is 5.48. The molecule has 2 atom stereocenters. The molecular weight excluding hydrogens is 530 g/mol. The molecule has 6 nitrogen and oxygen atoms in total. The van der Waals surface area contributed by atoms with Crippen molar-refractivity contribution in [2.45, 2.75) is 70.5 Å². The number of alkyl halides is 6. The number of methoxy groups -OCH3 is 1. The van der Waals surface area contributed by atoms with Gasteiger partial charge in [-0.25, -0.2) is 9.59 Å². The van der Waals surface area contributed by atoms with E-state index >= 15 is 0 Å². The van der Waals surface area contributed by atoms with Gasteiger partial charge in [0.05, 0.1) is 36.6 Å². The molecule has 0 radical (unpaired) electrons. The van der Waals surface area contributed by atoms with Crippen LogP contribution >= 0.6 is 0 Å². The zero-order chi connectivity index (χ0) is 28.7. The van der Waals surface area contributed by atoms with Crippen molar-refractivity contribution in [3.63, 3.8) is 0 Å². The Morgan fingerprint density at radius 3 is 2.23 bits per heavy atom. The number of fused-ring (bicyclic) bond motifs is 3. The van der Waals surface area contributed by atoms with Gasteiger partial charge < -0.3 is 9.47 Å². The van der Waals surface area contributed by atoms with Crippen LogP contribution in [0.15, 0.2) is 30.3 Å². The number of hydrogen-bond acceptors (Lipinski definition) is 4. The Morgan fingerprint density at radius 1 is 1.03 bits per heavy atom. The maximum absolute atomic E-state index is 13.5. The molecule has 0 aromatic heterocycles. The zero-order valence-corrected chi connectivity index (χ0v) is 21.6. The summed E-state index contributed by atoms with van der Waals surface area (Å²) in [6, 6.07) is 3.61. The molecule has 2 aromatic rings. The molecular formula is C27H28F6N2O4. The van der Waals surface area contributed by atoms with Gasteiger partial charge in [-0.15, -0.1) is 0 Å². The molecule has 0 saturated heterocycles. The van der Waals surface area contributed by atoms with Crippen LogP contribution in [0.3, 0.4) is 0 Å². The Kier molecular flexibility index (Phi) is 7.77. The average Bonchev–Trinajstić information content (AvgIpc) is 3.34. The van der Waals surface area contributed by atoms with Gasteiger partial charge in [0.1, 0.15) is 0 Å². The number of halogens is 6. The number of nitrogens with zero attached hydrogens (tertiary/aromatic N) is 2. The molecule has 0 spiro atoms. The maximum Gasteiger partial charge on any atom is 0.416 e. The topological polar surface area (TPSA) is 59.1 Å². The van der Waals surface area contributed by atoms with Gasteiger partial charge in [0.15, 0.2) is 0 Å². The molecule has 2 aliphatic rings. The second kappa shape index (κ2) is 10.6. The first-order valence-electron chi connectivity index (χ1n) is 12.5. The fraction of sp³-hybridized carbons (Fsp3) is 0.481. The smallest absolute Gasteiger partial charge is 0.416 e. The van der Waals surface area contributed by atoms with Crippen molar-refractivity contribution < 1.29 is 45.4 Å². The summed E-state index contributed by atoms with van der Waals surface area (Å²) in [6.07, 6.45) is -9.07. The van der Waals surface area contributed by atoms with Crippen LogP contribution in [0.4, 0.5) is 41.6 Å². The van der Waals surface area contributed by atoms with Crippen LogP contribution in [0.25, 0.3) is 0 Å². The molecule has 1 aliphatic heterocycles. The third-order valence-corrected chi connectivity index (χ3v) is 7.14. The van der Waals surface area contributed by atoms with Gasteiger partial charge in [0.2, 0.25) is 0 Å². The Labute approximate surface area is 221 Å². The average molecular weight is 559 g/mol. The van der Waals surface area contributed by atoms with E-state index in [1.807, 2.05) is 6.07 Å². The van der Waals surface area contributed by atoms with Crippen molar-refractivity contribution in [1.29, 1.82) is 0 Å². The molecule has 1 heterocycles. The Morgan fingerprint density at radius 2 is 1.67 bits per heavy atom. The predicted octanol–water partition coefficient (Wildman–Crippen LogP) is 7.28. The van der Waals surface area contributed by atoms with Gasteiger partial charge in [-0.3, -0.25) is 9.80 Å². The third kappa shape index (κ3) is 5.65. The van der Waals surface area contributed by atoms with Gasteiger partial charge in [0, 0.05) is 12.6 Å². The molecule has 212 valence electrons. The number of carbonyl (C=O) groups is 2. The number of aryl methyl sites for hydroxylation is 1. The minimum atomic E-state index is -5.03. The van der Waals surface area contributed by atoms with Crippen molar-refractivity contribution >= 4 is 17.9 Å². The normalized spacial score (nSPS) is 18.8. The summed E-state index contributed by atoms with van der Waals surface area (Å²) in [5.41, 5.74) is -0.225. The molecule has 2 amide bonds. The molecule has 4 rings (SSSR count). The van der Waals surface area contributed by atoms with Crippen molar-refractivity contribution in [1.82, 2.24) is 4.90 Å². The molecule has 0 unspecified atom stereocenters. The lowest BCUT2D eigenvalue weighted by molar-refractivity contribution is -0.143. The number of ether oxygens (including phenoxy) is 2. The standard InChI is InChI=1S/C27H28F6N2O4/c1-4-39-25(37)35-15(2)10-22(21-9-8-17-6-5-7-20(17)23(21)35)34(24(36)38-3)14-16-11-18(26(28,29)30)13-19(12-16)27(31,32)33/h8-9,11-13,15,22H,4-7,10,14H2,1-3H3/t15-,22+/m0/s1. The first-order chi connectivity index (χ1) is 18.3. The molecule has 39 heavy (non-hydrogen) atoms. The largest absolute Gasteiger partial charge is 0.453 e. The highest BCUT2D eigenvalue weighted by Gasteiger charge is 2.42. The van der Waals surface area contributed by atoms with Crippen molar-refractivity contribution in [3.8, 4) is 0 Å². The van der Waals surface area contributed by atoms with E-state index < -0.39 is 54.3 Å². The molecule has 0 saturated carbocycles. The molecule has 0 N–H and O–H groups in total. The number of benzene rings is 2. The van der Waals surface area contributed by atoms with Crippen molar-refractivity contribution in [2.75, 3.05) is 18.6 Å². The maximum atomic E-state index is 13.5. The number of anilines is 1. The minimum absolute atomic E-state index is 0.0461. The van der Waals surface area contributed by atoms with E-state index in [2.05, 4.69) is 0 Å². The molecule has 12 heteroatoms. The van der Waals surface area contributed by atoms with Crippen LogP contribution in [0.1, 0.15) is 66.1 Å². The quantitative estimate of drug-likeness (QED) is 0.370. The predicted molar refractivity (Wildman–Crippen MR) is 129 cm³/mol. The Hall–Kier alpha value is -3.44. The summed E-state index contributed by atoms with van der Waals surface area (Å²) in [7, 11) is 1.09. The van der Waals surface area contributed by atoms with Crippen LogP contribution in [0, 0.1) is 0 Å². The lowest BCUT2D eigenvalue weighted by Gasteiger charge is -2.43. The summed E-state index contributed by atoms with van der Waals surface area (Å²) in [5, 5.41) is 0. The molecule has 0 bridgehead atoms. The highest BCUT2D eigenvalue weighted by atomic mass is 19.4. The second-order valence-electron chi connectivity index (χ2n) is 9.68. The highest BCUT2D eigenvalue weighted by molar-refractivity contribution is 5.92. The van der Waals surface area contributed by atoms with Gasteiger partial charge in [-0.1, -0.05) is 12.1 Å². The van der Waals surface area contributed by atoms with Gasteiger partial charge in [-0.2, -0.15) is 26.3 Å². The monoisotopic (exact) mass is 558 g/mol. The van der Waals surface area contributed by atoms with Crippen LogP contribution in [-0.2, 0) is 41.2 Å². The lowest BCUT2D eigenvalue weighted by atomic mass is 9.87. The number of amides is 2. The van der Waals surface area contributed by atoms with Crippen molar-refractivity contribution in [2.24, 2.45) is 0 Å². The van der Waals surface area contributed by atoms with Crippen LogP contribution in [-0.4, -0.2) is 36.8 Å². The summed E-state index contributed by atoms with van der Waals surface area (Å²) < 4.78 is 91.1. The third-order valence-electron chi connectivity index (χ3n) is 7.14. The van der Waals surface area contributed by atoms with Crippen LogP contribution < -0.4 is 4.90 Å². The van der Waals surface area contributed by atoms with E-state index in [4.69, 9.17) is 9.47 Å². The highest BCUT2D eigenvalue weighted by Crippen LogP contribution is 2.47. The van der Waals surface area contributed by atoms with Crippen LogP contribution in [0.5, 0.6) is 0 Å². The number of hydrogen-bond donors (Lipinski definition) is 0. The van der Waals surface area contributed by atoms with Crippen molar-refractivity contribution in [3.05, 3.63) is 63.7 Å². The fourth-order valence-corrected chi connectivity index (χ4v) is 5.48. The number of carbonyl (C=O) groups excluding carboxylic acids is 2. The first-order valence-corrected chi connectivity index (χ1v) is 12.5. The van der Waals surface area contributed by atoms with Gasteiger partial charge in [-0.05, 0) is 80.0 Å².